The summed E-state index contributed by atoms with van der Waals surface area (Å²) in [5.41, 5.74) is 1.93. The Balaban J connectivity index is 1.96. The number of benzene rings is 3. The molecular formula is C20H19ClN2O4S2. The molecule has 3 aromatic carbocycles. The van der Waals surface area contributed by atoms with Crippen molar-refractivity contribution in [3.63, 3.8) is 0 Å². The highest BCUT2D eigenvalue weighted by Gasteiger charge is 2.20. The van der Waals surface area contributed by atoms with Gasteiger partial charge in [-0.1, -0.05) is 35.4 Å². The van der Waals surface area contributed by atoms with E-state index in [0.29, 0.717) is 5.02 Å². The van der Waals surface area contributed by atoms with Crippen molar-refractivity contribution in [1.82, 2.24) is 0 Å². The van der Waals surface area contributed by atoms with Crippen LogP contribution in [0.15, 0.2) is 76.5 Å². The number of rotatable bonds is 6. The number of nitrogens with one attached hydrogen (secondary N) is 2. The molecule has 0 saturated heterocycles. The molecule has 3 aromatic rings. The van der Waals surface area contributed by atoms with Gasteiger partial charge in [0.05, 0.1) is 21.2 Å². The molecule has 0 spiro atoms. The van der Waals surface area contributed by atoms with Gasteiger partial charge in [-0.3, -0.25) is 9.44 Å². The van der Waals surface area contributed by atoms with Crippen molar-refractivity contribution in [2.24, 2.45) is 0 Å². The second kappa shape index (κ2) is 8.06. The normalized spacial score (nSPS) is 11.8. The van der Waals surface area contributed by atoms with Gasteiger partial charge in [-0.25, -0.2) is 16.8 Å². The molecule has 6 nitrogen and oxygen atoms in total. The van der Waals surface area contributed by atoms with Gasteiger partial charge in [-0.2, -0.15) is 0 Å². The second-order valence-corrected chi connectivity index (χ2v) is 10.3. The Morgan fingerprint density at radius 3 is 1.62 bits per heavy atom. The molecule has 0 aromatic heterocycles. The molecule has 0 radical (unpaired) electrons. The van der Waals surface area contributed by atoms with E-state index in [4.69, 9.17) is 11.6 Å². The van der Waals surface area contributed by atoms with Crippen molar-refractivity contribution in [1.29, 1.82) is 0 Å². The van der Waals surface area contributed by atoms with Crippen LogP contribution < -0.4 is 9.44 Å². The zero-order valence-electron chi connectivity index (χ0n) is 15.7. The first kappa shape index (κ1) is 21.2. The first-order valence-electron chi connectivity index (χ1n) is 8.55. The molecule has 0 unspecified atom stereocenters. The third kappa shape index (κ3) is 5.09. The van der Waals surface area contributed by atoms with Gasteiger partial charge in [0.25, 0.3) is 20.0 Å². The molecule has 2 N–H and O–H groups in total. The summed E-state index contributed by atoms with van der Waals surface area (Å²) < 4.78 is 55.8. The molecule has 0 fully saturated rings. The number of anilines is 2. The number of aryl methyl sites for hydroxylation is 2. The van der Waals surface area contributed by atoms with Crippen LogP contribution in [0.4, 0.5) is 11.4 Å². The van der Waals surface area contributed by atoms with Gasteiger partial charge < -0.3 is 0 Å². The maximum atomic E-state index is 12.7. The molecule has 0 aliphatic carbocycles. The molecule has 0 bridgehead atoms. The SMILES string of the molecule is Cc1ccc(S(=O)(=O)Nc2cc(C)ccc2NS(=O)(=O)c2ccc(Cl)cc2)cc1. The fourth-order valence-corrected chi connectivity index (χ4v) is 4.85. The lowest BCUT2D eigenvalue weighted by Crippen LogP contribution is -2.17. The Kier molecular flexibility index (Phi) is 5.88. The van der Waals surface area contributed by atoms with E-state index in [-0.39, 0.29) is 21.2 Å². The Morgan fingerprint density at radius 2 is 1.07 bits per heavy atom. The highest BCUT2D eigenvalue weighted by Crippen LogP contribution is 2.28. The summed E-state index contributed by atoms with van der Waals surface area (Å²) in [4.78, 5) is 0.0888. The number of sulfonamides is 2. The van der Waals surface area contributed by atoms with Crippen LogP contribution in [0.5, 0.6) is 0 Å². The highest BCUT2D eigenvalue weighted by atomic mass is 35.5. The van der Waals surface area contributed by atoms with Gasteiger partial charge in [0.1, 0.15) is 0 Å². The summed E-state index contributed by atoms with van der Waals surface area (Å²) >= 11 is 5.81. The van der Waals surface area contributed by atoms with Crippen LogP contribution in [-0.4, -0.2) is 16.8 Å². The van der Waals surface area contributed by atoms with Crippen molar-refractivity contribution < 1.29 is 16.8 Å². The first-order chi connectivity index (χ1) is 13.6. The second-order valence-electron chi connectivity index (χ2n) is 6.53. The van der Waals surface area contributed by atoms with Crippen molar-refractivity contribution in [2.45, 2.75) is 23.6 Å². The fraction of sp³-hybridized carbons (Fsp3) is 0.100. The largest absolute Gasteiger partial charge is 0.277 e. The Hall–Kier alpha value is -2.55. The predicted molar refractivity (Wildman–Crippen MR) is 115 cm³/mol. The predicted octanol–water partition coefficient (Wildman–Crippen LogP) is 4.56. The molecule has 9 heteroatoms. The lowest BCUT2D eigenvalue weighted by molar-refractivity contribution is 0.599. The van der Waals surface area contributed by atoms with Gasteiger partial charge in [0.15, 0.2) is 0 Å². The Morgan fingerprint density at radius 1 is 0.621 bits per heavy atom. The summed E-state index contributed by atoms with van der Waals surface area (Å²) in [5, 5.41) is 0.408. The average molecular weight is 451 g/mol. The molecule has 0 aliphatic heterocycles. The van der Waals surface area contributed by atoms with Crippen molar-refractivity contribution in [3.05, 3.63) is 82.9 Å². The molecule has 0 aliphatic rings. The van der Waals surface area contributed by atoms with Crippen LogP contribution in [0.3, 0.4) is 0 Å². The third-order valence-electron chi connectivity index (χ3n) is 4.12. The van der Waals surface area contributed by atoms with Gasteiger partial charge in [0, 0.05) is 5.02 Å². The van der Waals surface area contributed by atoms with E-state index in [1.54, 1.807) is 31.2 Å². The van der Waals surface area contributed by atoms with Crippen LogP contribution in [0.25, 0.3) is 0 Å². The third-order valence-corrected chi connectivity index (χ3v) is 7.13. The van der Waals surface area contributed by atoms with Crippen LogP contribution in [0, 0.1) is 13.8 Å². The minimum Gasteiger partial charge on any atom is -0.277 e. The van der Waals surface area contributed by atoms with Gasteiger partial charge in [-0.15, -0.1) is 0 Å². The van der Waals surface area contributed by atoms with Gasteiger partial charge in [0.2, 0.25) is 0 Å². The topological polar surface area (TPSA) is 92.3 Å². The molecule has 0 saturated carbocycles. The summed E-state index contributed by atoms with van der Waals surface area (Å²) in [6.45, 7) is 3.63. The number of hydrogen-bond donors (Lipinski definition) is 2. The molecule has 0 amide bonds. The summed E-state index contributed by atoms with van der Waals surface area (Å²) in [7, 11) is -7.83. The van der Waals surface area contributed by atoms with E-state index >= 15 is 0 Å². The van der Waals surface area contributed by atoms with E-state index in [1.165, 1.54) is 42.5 Å². The van der Waals surface area contributed by atoms with E-state index in [2.05, 4.69) is 9.44 Å². The molecule has 0 heterocycles. The molecule has 152 valence electrons. The van der Waals surface area contributed by atoms with E-state index in [1.807, 2.05) is 6.92 Å². The minimum atomic E-state index is -3.93. The standard InChI is InChI=1S/C20H19ClN2O4S2/c1-14-3-8-17(9-4-14)29(26,27)23-20-13-15(2)5-12-19(20)22-28(24,25)18-10-6-16(21)7-11-18/h3-13,22-23H,1-2H3. The first-order valence-corrected chi connectivity index (χ1v) is 11.9. The minimum absolute atomic E-state index is 0.00909. The van der Waals surface area contributed by atoms with E-state index in [0.717, 1.165) is 11.1 Å². The number of hydrogen-bond acceptors (Lipinski definition) is 4. The molecule has 3 rings (SSSR count). The summed E-state index contributed by atoms with van der Waals surface area (Å²) in [5.74, 6) is 0. The molecular weight excluding hydrogens is 432 g/mol. The fourth-order valence-electron chi connectivity index (χ4n) is 2.57. The maximum absolute atomic E-state index is 12.7. The van der Waals surface area contributed by atoms with Crippen molar-refractivity contribution in [3.8, 4) is 0 Å². The number of halogens is 1. The smallest absolute Gasteiger partial charge is 0.261 e. The lowest BCUT2D eigenvalue weighted by Gasteiger charge is -2.15. The quantitative estimate of drug-likeness (QED) is 0.575. The Bertz CT molecular complexity index is 1240. The Labute approximate surface area is 175 Å². The van der Waals surface area contributed by atoms with Crippen LogP contribution in [0.1, 0.15) is 11.1 Å². The highest BCUT2D eigenvalue weighted by molar-refractivity contribution is 7.93. The van der Waals surface area contributed by atoms with E-state index < -0.39 is 20.0 Å². The summed E-state index contributed by atoms with van der Waals surface area (Å²) in [6, 6.07) is 16.8. The maximum Gasteiger partial charge on any atom is 0.261 e. The monoisotopic (exact) mass is 450 g/mol. The zero-order valence-corrected chi connectivity index (χ0v) is 18.1. The summed E-state index contributed by atoms with van der Waals surface area (Å²) in [6.07, 6.45) is 0. The zero-order chi connectivity index (χ0) is 21.2. The van der Waals surface area contributed by atoms with Crippen LogP contribution in [0.2, 0.25) is 5.02 Å². The van der Waals surface area contributed by atoms with Crippen molar-refractivity contribution >= 4 is 43.0 Å². The van der Waals surface area contributed by atoms with Crippen molar-refractivity contribution in [2.75, 3.05) is 9.44 Å². The van der Waals surface area contributed by atoms with Crippen LogP contribution in [-0.2, 0) is 20.0 Å². The molecule has 0 atom stereocenters. The van der Waals surface area contributed by atoms with Gasteiger partial charge >= 0.3 is 0 Å². The van der Waals surface area contributed by atoms with E-state index in [9.17, 15) is 16.8 Å². The molecule has 29 heavy (non-hydrogen) atoms. The average Bonchev–Trinajstić information content (AvgIpc) is 2.64. The van der Waals surface area contributed by atoms with Gasteiger partial charge in [-0.05, 0) is 67.9 Å². The van der Waals surface area contributed by atoms with Crippen LogP contribution >= 0.6 is 11.6 Å². The lowest BCUT2D eigenvalue weighted by atomic mass is 10.2.